The summed E-state index contributed by atoms with van der Waals surface area (Å²) in [5, 5.41) is 0. The van der Waals surface area contributed by atoms with E-state index in [9.17, 15) is 4.79 Å². The molecule has 1 heterocycles. The van der Waals surface area contributed by atoms with Gasteiger partial charge in [-0.3, -0.25) is 9.69 Å². The number of hydrogen-bond donors (Lipinski definition) is 1. The molecule has 1 aliphatic heterocycles. The average Bonchev–Trinajstić information content (AvgIpc) is 2.36. The number of piperidine rings is 1. The van der Waals surface area contributed by atoms with Gasteiger partial charge in [0.05, 0.1) is 13.0 Å². The molecule has 100 valence electrons. The van der Waals surface area contributed by atoms with Gasteiger partial charge in [0.1, 0.15) is 0 Å². The number of nitrogens with zero attached hydrogens (tertiary/aromatic N) is 1. The van der Waals surface area contributed by atoms with Gasteiger partial charge < -0.3 is 10.5 Å². The van der Waals surface area contributed by atoms with Gasteiger partial charge in [-0.15, -0.1) is 0 Å². The molecule has 1 aliphatic rings. The van der Waals surface area contributed by atoms with Gasteiger partial charge in [-0.25, -0.2) is 0 Å². The molecule has 0 aliphatic carbocycles. The number of carbonyl (C=O) groups is 1. The molecule has 4 unspecified atom stereocenters. The van der Waals surface area contributed by atoms with Crippen LogP contribution in [0.25, 0.3) is 0 Å². The molecule has 4 nitrogen and oxygen atoms in total. The monoisotopic (exact) mass is 242 g/mol. The molecule has 1 fully saturated rings. The minimum absolute atomic E-state index is 0.0770. The van der Waals surface area contributed by atoms with Gasteiger partial charge in [0.2, 0.25) is 0 Å². The summed E-state index contributed by atoms with van der Waals surface area (Å²) in [6.07, 6.45) is 1.17. The van der Waals surface area contributed by atoms with Gasteiger partial charge in [0.15, 0.2) is 0 Å². The first-order valence-corrected chi connectivity index (χ1v) is 6.53. The lowest BCUT2D eigenvalue weighted by Gasteiger charge is -2.41. The lowest BCUT2D eigenvalue weighted by Crippen LogP contribution is -2.49. The van der Waals surface area contributed by atoms with E-state index in [4.69, 9.17) is 10.5 Å². The number of methoxy groups -OCH3 is 1. The minimum Gasteiger partial charge on any atom is -0.469 e. The molecule has 17 heavy (non-hydrogen) atoms. The smallest absolute Gasteiger partial charge is 0.309 e. The fraction of sp³-hybridized carbons (Fsp3) is 0.923. The van der Waals surface area contributed by atoms with Crippen LogP contribution in [-0.2, 0) is 9.53 Å². The van der Waals surface area contributed by atoms with E-state index in [1.807, 2.05) is 6.92 Å². The molecule has 0 spiro atoms. The number of hydrogen-bond acceptors (Lipinski definition) is 4. The van der Waals surface area contributed by atoms with Crippen molar-refractivity contribution in [1.29, 1.82) is 0 Å². The summed E-state index contributed by atoms with van der Waals surface area (Å²) in [6.45, 7) is 9.09. The molecule has 0 bridgehead atoms. The van der Waals surface area contributed by atoms with E-state index in [1.54, 1.807) is 0 Å². The first kappa shape index (κ1) is 14.5. The Labute approximate surface area is 104 Å². The molecule has 0 amide bonds. The molecule has 0 saturated carbocycles. The van der Waals surface area contributed by atoms with Crippen molar-refractivity contribution in [3.63, 3.8) is 0 Å². The summed E-state index contributed by atoms with van der Waals surface area (Å²) in [6, 6.07) is 0.226. The van der Waals surface area contributed by atoms with Crippen LogP contribution in [-0.4, -0.2) is 43.7 Å². The topological polar surface area (TPSA) is 55.6 Å². The van der Waals surface area contributed by atoms with Crippen LogP contribution < -0.4 is 5.73 Å². The zero-order valence-electron chi connectivity index (χ0n) is 11.5. The zero-order chi connectivity index (χ0) is 13.0. The van der Waals surface area contributed by atoms with Crippen molar-refractivity contribution in [3.8, 4) is 0 Å². The number of carbonyl (C=O) groups excluding carboxylic acids is 1. The lowest BCUT2D eigenvalue weighted by atomic mass is 9.85. The van der Waals surface area contributed by atoms with Crippen molar-refractivity contribution < 1.29 is 9.53 Å². The Morgan fingerprint density at radius 1 is 1.53 bits per heavy atom. The predicted octanol–water partition coefficient (Wildman–Crippen LogP) is 1.10. The predicted molar refractivity (Wildman–Crippen MR) is 68.5 cm³/mol. The van der Waals surface area contributed by atoms with E-state index in [1.165, 1.54) is 13.5 Å². The van der Waals surface area contributed by atoms with E-state index >= 15 is 0 Å². The highest BCUT2D eigenvalue weighted by molar-refractivity contribution is 5.72. The molecule has 0 aromatic rings. The maximum absolute atomic E-state index is 11.5. The summed E-state index contributed by atoms with van der Waals surface area (Å²) in [4.78, 5) is 13.9. The standard InChI is InChI=1S/C13H26N2O2/c1-9-5-6-15(8-12(9)7-14)11(3)10(2)13(16)17-4/h9-12H,5-8,14H2,1-4H3. The Bertz CT molecular complexity index is 258. The zero-order valence-corrected chi connectivity index (χ0v) is 11.5. The van der Waals surface area contributed by atoms with Gasteiger partial charge in [0, 0.05) is 12.6 Å². The molecule has 0 aromatic carbocycles. The molecule has 0 radical (unpaired) electrons. The molecule has 4 heteroatoms. The van der Waals surface area contributed by atoms with Gasteiger partial charge in [-0.1, -0.05) is 13.8 Å². The van der Waals surface area contributed by atoms with E-state index in [0.717, 1.165) is 19.6 Å². The Balaban J connectivity index is 2.58. The van der Waals surface area contributed by atoms with Crippen LogP contribution in [0.2, 0.25) is 0 Å². The van der Waals surface area contributed by atoms with Crippen LogP contribution in [0.1, 0.15) is 27.2 Å². The highest BCUT2D eigenvalue weighted by Gasteiger charge is 2.32. The highest BCUT2D eigenvalue weighted by Crippen LogP contribution is 2.25. The van der Waals surface area contributed by atoms with Crippen molar-refractivity contribution in [2.45, 2.75) is 33.2 Å². The van der Waals surface area contributed by atoms with Crippen molar-refractivity contribution in [3.05, 3.63) is 0 Å². The molecule has 1 saturated heterocycles. The fourth-order valence-corrected chi connectivity index (χ4v) is 2.55. The maximum atomic E-state index is 11.5. The van der Waals surface area contributed by atoms with Gasteiger partial charge >= 0.3 is 5.97 Å². The summed E-state index contributed by atoms with van der Waals surface area (Å²) in [7, 11) is 1.45. The third kappa shape index (κ3) is 3.42. The third-order valence-electron chi connectivity index (χ3n) is 4.32. The van der Waals surface area contributed by atoms with Crippen LogP contribution >= 0.6 is 0 Å². The highest BCUT2D eigenvalue weighted by atomic mass is 16.5. The van der Waals surface area contributed by atoms with Crippen molar-refractivity contribution in [2.24, 2.45) is 23.5 Å². The number of rotatable bonds is 4. The van der Waals surface area contributed by atoms with E-state index < -0.39 is 0 Å². The normalized spacial score (nSPS) is 29.7. The lowest BCUT2D eigenvalue weighted by molar-refractivity contribution is -0.147. The van der Waals surface area contributed by atoms with Crippen molar-refractivity contribution in [2.75, 3.05) is 26.7 Å². The first-order valence-electron chi connectivity index (χ1n) is 6.53. The quantitative estimate of drug-likeness (QED) is 0.750. The summed E-state index contributed by atoms with van der Waals surface area (Å²) in [5.41, 5.74) is 5.80. The van der Waals surface area contributed by atoms with Crippen LogP contribution in [0.3, 0.4) is 0 Å². The van der Waals surface area contributed by atoms with Crippen LogP contribution in [0.5, 0.6) is 0 Å². The Hall–Kier alpha value is -0.610. The van der Waals surface area contributed by atoms with E-state index in [2.05, 4.69) is 18.7 Å². The second-order valence-corrected chi connectivity index (χ2v) is 5.31. The van der Waals surface area contributed by atoms with Crippen LogP contribution in [0.4, 0.5) is 0 Å². The Morgan fingerprint density at radius 3 is 2.71 bits per heavy atom. The molecule has 1 rings (SSSR count). The van der Waals surface area contributed by atoms with E-state index in [0.29, 0.717) is 11.8 Å². The summed E-state index contributed by atoms with van der Waals surface area (Å²) < 4.78 is 4.81. The molecule has 4 atom stereocenters. The van der Waals surface area contributed by atoms with Crippen molar-refractivity contribution >= 4 is 5.97 Å². The van der Waals surface area contributed by atoms with Gasteiger partial charge in [-0.2, -0.15) is 0 Å². The fourth-order valence-electron chi connectivity index (χ4n) is 2.55. The third-order valence-corrected chi connectivity index (χ3v) is 4.32. The Morgan fingerprint density at radius 2 is 2.18 bits per heavy atom. The maximum Gasteiger partial charge on any atom is 0.309 e. The number of ether oxygens (including phenoxy) is 1. The van der Waals surface area contributed by atoms with Crippen LogP contribution in [0, 0.1) is 17.8 Å². The first-order chi connectivity index (χ1) is 8.01. The number of nitrogens with two attached hydrogens (primary N) is 1. The molecule has 2 N–H and O–H groups in total. The SMILES string of the molecule is COC(=O)C(C)C(C)N1CCC(C)C(CN)C1. The molecule has 0 aromatic heterocycles. The summed E-state index contributed by atoms with van der Waals surface area (Å²) >= 11 is 0. The molecular formula is C13H26N2O2. The second kappa shape index (κ2) is 6.36. The molecular weight excluding hydrogens is 216 g/mol. The van der Waals surface area contributed by atoms with Crippen LogP contribution in [0.15, 0.2) is 0 Å². The van der Waals surface area contributed by atoms with Crippen molar-refractivity contribution in [1.82, 2.24) is 4.90 Å². The largest absolute Gasteiger partial charge is 0.469 e. The Kier molecular flexibility index (Phi) is 5.40. The summed E-state index contributed by atoms with van der Waals surface area (Å²) in [5.74, 6) is 1.04. The number of esters is 1. The number of likely N-dealkylation sites (tertiary alicyclic amines) is 1. The minimum atomic E-state index is -0.125. The average molecular weight is 242 g/mol. The van der Waals surface area contributed by atoms with Gasteiger partial charge in [0.25, 0.3) is 0 Å². The van der Waals surface area contributed by atoms with E-state index in [-0.39, 0.29) is 17.9 Å². The second-order valence-electron chi connectivity index (χ2n) is 5.31. The van der Waals surface area contributed by atoms with Gasteiger partial charge in [-0.05, 0) is 38.3 Å².